The Morgan fingerprint density at radius 3 is 2.82 bits per heavy atom. The minimum absolute atomic E-state index is 0.0939. The van der Waals surface area contributed by atoms with Gasteiger partial charge >= 0.3 is 0 Å². The summed E-state index contributed by atoms with van der Waals surface area (Å²) in [5.74, 6) is 0.935. The standard InChI is InChI=1S/C18H29N3O/c1-15-5-4-12-21(14-15)11-3-2-10-20-18(22)13-16-6-8-17(19)9-7-16/h6-9,15H,2-5,10-14,19H2,1H3,(H,20,22). The van der Waals surface area contributed by atoms with Crippen molar-refractivity contribution in [2.75, 3.05) is 31.9 Å². The van der Waals surface area contributed by atoms with Crippen LogP contribution in [0.4, 0.5) is 5.69 Å². The number of nitrogen functional groups attached to an aromatic ring is 1. The number of rotatable bonds is 7. The predicted octanol–water partition coefficient (Wildman–Crippen LogP) is 2.44. The second-order valence-electron chi connectivity index (χ2n) is 6.52. The van der Waals surface area contributed by atoms with E-state index in [-0.39, 0.29) is 5.91 Å². The summed E-state index contributed by atoms with van der Waals surface area (Å²) in [5.41, 5.74) is 7.38. The highest BCUT2D eigenvalue weighted by Gasteiger charge is 2.15. The first-order valence-electron chi connectivity index (χ1n) is 8.47. The number of nitrogens with one attached hydrogen (secondary N) is 1. The fourth-order valence-electron chi connectivity index (χ4n) is 3.06. The summed E-state index contributed by atoms with van der Waals surface area (Å²) in [5, 5.41) is 3.00. The Kier molecular flexibility index (Phi) is 6.72. The lowest BCUT2D eigenvalue weighted by Crippen LogP contribution is -2.35. The van der Waals surface area contributed by atoms with Gasteiger partial charge < -0.3 is 16.0 Å². The normalized spacial score (nSPS) is 19.0. The molecule has 0 spiro atoms. The number of piperidine rings is 1. The Labute approximate surface area is 134 Å². The third kappa shape index (κ3) is 6.06. The first kappa shape index (κ1) is 16.8. The molecule has 4 nitrogen and oxygen atoms in total. The first-order chi connectivity index (χ1) is 10.6. The van der Waals surface area contributed by atoms with E-state index in [0.29, 0.717) is 6.42 Å². The van der Waals surface area contributed by atoms with Crippen molar-refractivity contribution in [1.82, 2.24) is 10.2 Å². The molecule has 0 aromatic heterocycles. The zero-order valence-electron chi connectivity index (χ0n) is 13.7. The Bertz CT molecular complexity index is 458. The predicted molar refractivity (Wildman–Crippen MR) is 91.6 cm³/mol. The summed E-state index contributed by atoms with van der Waals surface area (Å²) in [6.45, 7) is 6.76. The smallest absolute Gasteiger partial charge is 0.224 e. The molecule has 1 saturated heterocycles. The van der Waals surface area contributed by atoms with Gasteiger partial charge in [-0.3, -0.25) is 4.79 Å². The Hall–Kier alpha value is -1.55. The van der Waals surface area contributed by atoms with Crippen molar-refractivity contribution in [2.24, 2.45) is 5.92 Å². The van der Waals surface area contributed by atoms with Crippen molar-refractivity contribution in [1.29, 1.82) is 0 Å². The van der Waals surface area contributed by atoms with Crippen LogP contribution in [0.1, 0.15) is 38.2 Å². The molecule has 1 aliphatic rings. The van der Waals surface area contributed by atoms with Crippen LogP contribution in [0.3, 0.4) is 0 Å². The van der Waals surface area contributed by atoms with Crippen molar-refractivity contribution in [3.8, 4) is 0 Å². The van der Waals surface area contributed by atoms with Gasteiger partial charge in [0.25, 0.3) is 0 Å². The summed E-state index contributed by atoms with van der Waals surface area (Å²) in [7, 11) is 0. The number of nitrogens with two attached hydrogens (primary N) is 1. The molecule has 4 heteroatoms. The van der Waals surface area contributed by atoms with Crippen molar-refractivity contribution in [3.63, 3.8) is 0 Å². The van der Waals surface area contributed by atoms with Crippen molar-refractivity contribution in [2.45, 2.75) is 39.0 Å². The number of hydrogen-bond acceptors (Lipinski definition) is 3. The molecule has 3 N–H and O–H groups in total. The van der Waals surface area contributed by atoms with Crippen molar-refractivity contribution < 1.29 is 4.79 Å². The lowest BCUT2D eigenvalue weighted by molar-refractivity contribution is -0.120. The van der Waals surface area contributed by atoms with E-state index >= 15 is 0 Å². The number of amides is 1. The maximum atomic E-state index is 11.9. The quantitative estimate of drug-likeness (QED) is 0.601. The van der Waals surface area contributed by atoms with Gasteiger partial charge in [0.15, 0.2) is 0 Å². The highest BCUT2D eigenvalue weighted by Crippen LogP contribution is 2.15. The maximum Gasteiger partial charge on any atom is 0.224 e. The first-order valence-corrected chi connectivity index (χ1v) is 8.47. The van der Waals surface area contributed by atoms with E-state index in [1.165, 1.54) is 25.9 Å². The number of benzene rings is 1. The number of carbonyl (C=O) groups excluding carboxylic acids is 1. The van der Waals surface area contributed by atoms with Gasteiger partial charge in [-0.2, -0.15) is 0 Å². The number of nitrogens with zero attached hydrogens (tertiary/aromatic N) is 1. The minimum Gasteiger partial charge on any atom is -0.399 e. The average molecular weight is 303 g/mol. The zero-order valence-corrected chi connectivity index (χ0v) is 13.7. The molecule has 1 fully saturated rings. The molecule has 1 unspecified atom stereocenters. The van der Waals surface area contributed by atoms with E-state index in [2.05, 4.69) is 17.1 Å². The van der Waals surface area contributed by atoms with Gasteiger partial charge in [0.2, 0.25) is 5.91 Å². The summed E-state index contributed by atoms with van der Waals surface area (Å²) < 4.78 is 0. The molecule has 1 aliphatic heterocycles. The van der Waals surface area contributed by atoms with Crippen LogP contribution in [0.2, 0.25) is 0 Å². The molecule has 1 heterocycles. The molecule has 0 saturated carbocycles. The fourth-order valence-corrected chi connectivity index (χ4v) is 3.06. The Morgan fingerprint density at radius 1 is 1.32 bits per heavy atom. The summed E-state index contributed by atoms with van der Waals surface area (Å²) in [4.78, 5) is 14.4. The van der Waals surface area contributed by atoms with Crippen molar-refractivity contribution >= 4 is 11.6 Å². The van der Waals surface area contributed by atoms with Gasteiger partial charge in [-0.15, -0.1) is 0 Å². The van der Waals surface area contributed by atoms with E-state index < -0.39 is 0 Å². The third-order valence-corrected chi connectivity index (χ3v) is 4.31. The van der Waals surface area contributed by atoms with Gasteiger partial charge in [0.1, 0.15) is 0 Å². The number of anilines is 1. The summed E-state index contributed by atoms with van der Waals surface area (Å²) in [6, 6.07) is 7.49. The summed E-state index contributed by atoms with van der Waals surface area (Å²) >= 11 is 0. The van der Waals surface area contributed by atoms with Crippen LogP contribution in [0, 0.1) is 5.92 Å². The molecular weight excluding hydrogens is 274 g/mol. The zero-order chi connectivity index (χ0) is 15.8. The van der Waals surface area contributed by atoms with E-state index in [1.54, 1.807) is 0 Å². The van der Waals surface area contributed by atoms with Gasteiger partial charge in [-0.25, -0.2) is 0 Å². The minimum atomic E-state index is 0.0939. The molecule has 1 aromatic carbocycles. The number of unbranched alkanes of at least 4 members (excludes halogenated alkanes) is 1. The monoisotopic (exact) mass is 303 g/mol. The average Bonchev–Trinajstić information content (AvgIpc) is 2.49. The second-order valence-corrected chi connectivity index (χ2v) is 6.52. The van der Waals surface area contributed by atoms with Crippen LogP contribution >= 0.6 is 0 Å². The molecule has 0 aliphatic carbocycles. The number of likely N-dealkylation sites (tertiary alicyclic amines) is 1. The lowest BCUT2D eigenvalue weighted by atomic mass is 10.0. The van der Waals surface area contributed by atoms with Crippen LogP contribution in [-0.4, -0.2) is 37.0 Å². The molecule has 1 amide bonds. The van der Waals surface area contributed by atoms with E-state index in [1.807, 2.05) is 24.3 Å². The maximum absolute atomic E-state index is 11.9. The van der Waals surface area contributed by atoms with Gasteiger partial charge in [-0.05, 0) is 62.4 Å². The molecule has 22 heavy (non-hydrogen) atoms. The molecule has 2 rings (SSSR count). The topological polar surface area (TPSA) is 58.4 Å². The molecule has 0 radical (unpaired) electrons. The van der Waals surface area contributed by atoms with Gasteiger partial charge in [0, 0.05) is 18.8 Å². The Morgan fingerprint density at radius 2 is 2.09 bits per heavy atom. The molecule has 1 aromatic rings. The van der Waals surface area contributed by atoms with Crippen LogP contribution in [0.25, 0.3) is 0 Å². The van der Waals surface area contributed by atoms with Crippen LogP contribution < -0.4 is 11.1 Å². The number of hydrogen-bond donors (Lipinski definition) is 2. The fraction of sp³-hybridized carbons (Fsp3) is 0.611. The molecule has 122 valence electrons. The molecular formula is C18H29N3O. The third-order valence-electron chi connectivity index (χ3n) is 4.31. The largest absolute Gasteiger partial charge is 0.399 e. The molecule has 1 atom stereocenters. The second kappa shape index (κ2) is 8.79. The number of carbonyl (C=O) groups is 1. The van der Waals surface area contributed by atoms with Gasteiger partial charge in [-0.1, -0.05) is 19.1 Å². The van der Waals surface area contributed by atoms with Gasteiger partial charge in [0.05, 0.1) is 6.42 Å². The summed E-state index contributed by atoms with van der Waals surface area (Å²) in [6.07, 6.45) is 5.36. The molecule has 0 bridgehead atoms. The highest BCUT2D eigenvalue weighted by atomic mass is 16.1. The Balaban J connectivity index is 1.54. The van der Waals surface area contributed by atoms with Crippen LogP contribution in [0.15, 0.2) is 24.3 Å². The van der Waals surface area contributed by atoms with Crippen molar-refractivity contribution in [3.05, 3.63) is 29.8 Å². The van der Waals surface area contributed by atoms with Crippen LogP contribution in [-0.2, 0) is 11.2 Å². The van der Waals surface area contributed by atoms with E-state index in [0.717, 1.165) is 43.1 Å². The van der Waals surface area contributed by atoms with Crippen LogP contribution in [0.5, 0.6) is 0 Å². The van der Waals surface area contributed by atoms with E-state index in [4.69, 9.17) is 5.73 Å². The highest BCUT2D eigenvalue weighted by molar-refractivity contribution is 5.78. The van der Waals surface area contributed by atoms with E-state index in [9.17, 15) is 4.79 Å². The lowest BCUT2D eigenvalue weighted by Gasteiger charge is -2.30. The SMILES string of the molecule is CC1CCCN(CCCCNC(=O)Cc2ccc(N)cc2)C1.